The maximum absolute atomic E-state index is 13.0. The Morgan fingerprint density at radius 1 is 1.14 bits per heavy atom. The molecule has 0 unspecified atom stereocenters. The smallest absolute Gasteiger partial charge is 0.227 e. The Morgan fingerprint density at radius 3 is 2.29 bits per heavy atom. The van der Waals surface area contributed by atoms with Crippen LogP contribution in [0.4, 0.5) is 0 Å². The van der Waals surface area contributed by atoms with Crippen LogP contribution in [0.5, 0.6) is 0 Å². The van der Waals surface area contributed by atoms with Crippen LogP contribution in [0, 0.1) is 11.8 Å². The van der Waals surface area contributed by atoms with Gasteiger partial charge >= 0.3 is 0 Å². The summed E-state index contributed by atoms with van der Waals surface area (Å²) in [4.78, 5) is 15.1. The molecule has 2 N–H and O–H groups in total. The van der Waals surface area contributed by atoms with E-state index in [2.05, 4.69) is 11.8 Å². The van der Waals surface area contributed by atoms with Crippen LogP contribution in [0.15, 0.2) is 30.3 Å². The monoisotopic (exact) mass is 286 g/mol. The van der Waals surface area contributed by atoms with Crippen molar-refractivity contribution in [2.75, 3.05) is 0 Å². The molecule has 1 amide bonds. The number of carbonyl (C=O) groups is 1. The third-order valence-corrected chi connectivity index (χ3v) is 5.05. The van der Waals surface area contributed by atoms with Gasteiger partial charge in [-0.3, -0.25) is 4.79 Å². The van der Waals surface area contributed by atoms with E-state index in [1.54, 1.807) is 0 Å². The van der Waals surface area contributed by atoms with Crippen molar-refractivity contribution in [2.24, 2.45) is 17.6 Å². The highest BCUT2D eigenvalue weighted by Crippen LogP contribution is 2.41. The topological polar surface area (TPSA) is 46.3 Å². The van der Waals surface area contributed by atoms with Gasteiger partial charge in [-0.25, -0.2) is 0 Å². The number of rotatable bonds is 6. The Kier molecular flexibility index (Phi) is 4.03. The minimum atomic E-state index is -0.216. The van der Waals surface area contributed by atoms with Crippen molar-refractivity contribution in [1.82, 2.24) is 4.90 Å². The highest BCUT2D eigenvalue weighted by Gasteiger charge is 2.43. The van der Waals surface area contributed by atoms with Crippen LogP contribution >= 0.6 is 0 Å². The summed E-state index contributed by atoms with van der Waals surface area (Å²) in [7, 11) is 0. The summed E-state index contributed by atoms with van der Waals surface area (Å²) in [6, 6.07) is 10.6. The van der Waals surface area contributed by atoms with Crippen molar-refractivity contribution >= 4 is 5.91 Å². The Labute approximate surface area is 127 Å². The second kappa shape index (κ2) is 5.80. The number of benzene rings is 1. The molecule has 2 aliphatic rings. The molecule has 1 aromatic carbocycles. The summed E-state index contributed by atoms with van der Waals surface area (Å²) < 4.78 is 0. The molecule has 0 spiro atoms. The minimum absolute atomic E-state index is 0.158. The molecule has 0 aromatic heterocycles. The van der Waals surface area contributed by atoms with E-state index in [1.807, 2.05) is 37.3 Å². The van der Waals surface area contributed by atoms with Crippen LogP contribution in [-0.2, 0) is 4.79 Å². The lowest BCUT2D eigenvalue weighted by atomic mass is 9.93. The van der Waals surface area contributed by atoms with E-state index in [-0.39, 0.29) is 17.9 Å². The van der Waals surface area contributed by atoms with Gasteiger partial charge < -0.3 is 10.6 Å². The first-order valence-corrected chi connectivity index (χ1v) is 8.22. The zero-order chi connectivity index (χ0) is 15.0. The molecule has 0 aliphatic heterocycles. The summed E-state index contributed by atoms with van der Waals surface area (Å²) in [5.74, 6) is 0.803. The lowest BCUT2D eigenvalue weighted by Gasteiger charge is -2.33. The van der Waals surface area contributed by atoms with Gasteiger partial charge in [-0.1, -0.05) is 37.3 Å². The summed E-state index contributed by atoms with van der Waals surface area (Å²) in [6.07, 6.45) is 4.87. The number of amides is 1. The Balaban J connectivity index is 1.72. The average Bonchev–Trinajstić information content (AvgIpc) is 3.39. The maximum atomic E-state index is 13.0. The van der Waals surface area contributed by atoms with Crippen molar-refractivity contribution in [1.29, 1.82) is 0 Å². The minimum Gasteiger partial charge on any atom is -0.336 e. The molecule has 114 valence electrons. The highest BCUT2D eigenvalue weighted by molar-refractivity contribution is 5.80. The van der Waals surface area contributed by atoms with Crippen molar-refractivity contribution in [3.63, 3.8) is 0 Å². The quantitative estimate of drug-likeness (QED) is 0.873. The van der Waals surface area contributed by atoms with Crippen LogP contribution in [0.1, 0.15) is 51.1 Å². The summed E-state index contributed by atoms with van der Waals surface area (Å²) in [6.45, 7) is 4.20. The van der Waals surface area contributed by atoms with E-state index < -0.39 is 0 Å². The van der Waals surface area contributed by atoms with Gasteiger partial charge in [-0.2, -0.15) is 0 Å². The van der Waals surface area contributed by atoms with Gasteiger partial charge in [0.15, 0.2) is 0 Å². The SMILES string of the molecule is C[C@H](C(=O)N(C1CC1)[C@@H](C)C1CC1)[C@H](N)c1ccccc1. The van der Waals surface area contributed by atoms with Crippen LogP contribution in [-0.4, -0.2) is 22.9 Å². The molecule has 3 heteroatoms. The van der Waals surface area contributed by atoms with E-state index in [9.17, 15) is 4.79 Å². The number of hydrogen-bond acceptors (Lipinski definition) is 2. The fourth-order valence-electron chi connectivity index (χ4n) is 3.22. The predicted molar refractivity (Wildman–Crippen MR) is 84.6 cm³/mol. The van der Waals surface area contributed by atoms with Crippen LogP contribution in [0.25, 0.3) is 0 Å². The number of nitrogens with zero attached hydrogens (tertiary/aromatic N) is 1. The zero-order valence-electron chi connectivity index (χ0n) is 13.0. The molecule has 3 atom stereocenters. The Morgan fingerprint density at radius 2 is 1.76 bits per heavy atom. The van der Waals surface area contributed by atoms with Crippen molar-refractivity contribution in [3.8, 4) is 0 Å². The fraction of sp³-hybridized carbons (Fsp3) is 0.611. The third-order valence-electron chi connectivity index (χ3n) is 5.05. The molecular formula is C18H26N2O. The lowest BCUT2D eigenvalue weighted by molar-refractivity contribution is -0.139. The Bertz CT molecular complexity index is 493. The van der Waals surface area contributed by atoms with Crippen LogP contribution in [0.3, 0.4) is 0 Å². The summed E-state index contributed by atoms with van der Waals surface area (Å²) in [5.41, 5.74) is 7.39. The van der Waals surface area contributed by atoms with E-state index in [1.165, 1.54) is 12.8 Å². The molecule has 3 rings (SSSR count). The van der Waals surface area contributed by atoms with Gasteiger partial charge in [-0.05, 0) is 44.1 Å². The standard InChI is InChI=1S/C18H26N2O/c1-12(17(19)15-6-4-3-5-7-15)18(21)20(16-10-11-16)13(2)14-8-9-14/h3-7,12-14,16-17H,8-11,19H2,1-2H3/t12-,13-,17-/m0/s1. The number of hydrogen-bond donors (Lipinski definition) is 1. The zero-order valence-corrected chi connectivity index (χ0v) is 13.0. The molecule has 21 heavy (non-hydrogen) atoms. The molecule has 3 nitrogen and oxygen atoms in total. The van der Waals surface area contributed by atoms with Crippen molar-refractivity contribution in [2.45, 2.75) is 57.7 Å². The second-order valence-corrected chi connectivity index (χ2v) is 6.78. The normalized spacial score (nSPS) is 22.4. The fourth-order valence-corrected chi connectivity index (χ4v) is 3.22. The average molecular weight is 286 g/mol. The van der Waals surface area contributed by atoms with Gasteiger partial charge in [0, 0.05) is 18.1 Å². The maximum Gasteiger partial charge on any atom is 0.227 e. The van der Waals surface area contributed by atoms with E-state index in [0.717, 1.165) is 24.3 Å². The van der Waals surface area contributed by atoms with Crippen molar-refractivity contribution < 1.29 is 4.79 Å². The molecule has 2 fully saturated rings. The molecule has 2 saturated carbocycles. The summed E-state index contributed by atoms with van der Waals surface area (Å²) >= 11 is 0. The molecule has 0 bridgehead atoms. The van der Waals surface area contributed by atoms with E-state index >= 15 is 0 Å². The van der Waals surface area contributed by atoms with Gasteiger partial charge in [0.1, 0.15) is 0 Å². The highest BCUT2D eigenvalue weighted by atomic mass is 16.2. The van der Waals surface area contributed by atoms with Crippen LogP contribution in [0.2, 0.25) is 0 Å². The van der Waals surface area contributed by atoms with Gasteiger partial charge in [-0.15, -0.1) is 0 Å². The van der Waals surface area contributed by atoms with E-state index in [4.69, 9.17) is 5.73 Å². The molecule has 0 saturated heterocycles. The lowest BCUT2D eigenvalue weighted by Crippen LogP contribution is -2.46. The third kappa shape index (κ3) is 3.13. The van der Waals surface area contributed by atoms with Gasteiger partial charge in [0.2, 0.25) is 5.91 Å². The molecule has 2 aliphatic carbocycles. The largest absolute Gasteiger partial charge is 0.336 e. The number of nitrogens with two attached hydrogens (primary N) is 1. The Hall–Kier alpha value is -1.35. The van der Waals surface area contributed by atoms with Gasteiger partial charge in [0.05, 0.1) is 5.92 Å². The number of carbonyl (C=O) groups excluding carboxylic acids is 1. The second-order valence-electron chi connectivity index (χ2n) is 6.78. The van der Waals surface area contributed by atoms with Crippen molar-refractivity contribution in [3.05, 3.63) is 35.9 Å². The molecule has 0 heterocycles. The molecular weight excluding hydrogens is 260 g/mol. The first-order valence-electron chi connectivity index (χ1n) is 8.22. The molecule has 0 radical (unpaired) electrons. The molecule has 1 aromatic rings. The van der Waals surface area contributed by atoms with Crippen LogP contribution < -0.4 is 5.73 Å². The first-order chi connectivity index (χ1) is 10.1. The predicted octanol–water partition coefficient (Wildman–Crippen LogP) is 3.11. The van der Waals surface area contributed by atoms with Gasteiger partial charge in [0.25, 0.3) is 0 Å². The first kappa shape index (κ1) is 14.6. The van der Waals surface area contributed by atoms with E-state index in [0.29, 0.717) is 12.1 Å². The summed E-state index contributed by atoms with van der Waals surface area (Å²) in [5, 5.41) is 0.